The molecule has 1 amide bonds. The van der Waals surface area contributed by atoms with Gasteiger partial charge in [-0.25, -0.2) is 0 Å². The molecule has 7 heteroatoms. The van der Waals surface area contributed by atoms with Crippen molar-refractivity contribution in [3.63, 3.8) is 0 Å². The fourth-order valence-corrected chi connectivity index (χ4v) is 2.16. The first kappa shape index (κ1) is 15.8. The van der Waals surface area contributed by atoms with Crippen molar-refractivity contribution < 1.29 is 14.1 Å². The maximum atomic E-state index is 12.6. The minimum atomic E-state index is -0.372. The fraction of sp³-hybridized carbons (Fsp3) is 0.786. The molecular formula is C14H24N4O3. The molecule has 0 bridgehead atoms. The lowest BCUT2D eigenvalue weighted by molar-refractivity contribution is -0.137. The third kappa shape index (κ3) is 3.93. The van der Waals surface area contributed by atoms with Gasteiger partial charge in [0, 0.05) is 19.0 Å². The maximum absolute atomic E-state index is 12.6. The van der Waals surface area contributed by atoms with E-state index in [-0.39, 0.29) is 23.8 Å². The van der Waals surface area contributed by atoms with Crippen molar-refractivity contribution in [1.29, 1.82) is 0 Å². The highest BCUT2D eigenvalue weighted by molar-refractivity contribution is 5.84. The van der Waals surface area contributed by atoms with Crippen molar-refractivity contribution in [2.45, 2.75) is 39.7 Å². The summed E-state index contributed by atoms with van der Waals surface area (Å²) in [5.41, 5.74) is 0. The lowest BCUT2D eigenvalue weighted by Gasteiger charge is -2.31. The topological polar surface area (TPSA) is 80.5 Å². The summed E-state index contributed by atoms with van der Waals surface area (Å²) >= 11 is 0. The van der Waals surface area contributed by atoms with E-state index in [4.69, 9.17) is 9.26 Å². The van der Waals surface area contributed by atoms with Crippen LogP contribution in [0.2, 0.25) is 0 Å². The molecule has 1 saturated heterocycles. The normalized spacial score (nSPS) is 17.3. The Morgan fingerprint density at radius 3 is 2.43 bits per heavy atom. The molecule has 0 unspecified atom stereocenters. The Balaban J connectivity index is 2.05. The van der Waals surface area contributed by atoms with Crippen molar-refractivity contribution in [2.24, 2.45) is 5.92 Å². The zero-order valence-corrected chi connectivity index (χ0v) is 13.1. The van der Waals surface area contributed by atoms with Gasteiger partial charge in [0.15, 0.2) is 5.82 Å². The molecule has 0 aromatic carbocycles. The number of amides is 1. The summed E-state index contributed by atoms with van der Waals surface area (Å²) in [5.74, 6) is 1.00. The SMILES string of the molecule is CC(C)c1noc(N[C@H](C(=O)N2CCOCC2)C(C)C)n1. The Morgan fingerprint density at radius 1 is 1.24 bits per heavy atom. The fourth-order valence-electron chi connectivity index (χ4n) is 2.16. The molecule has 2 rings (SSSR count). The van der Waals surface area contributed by atoms with Crippen molar-refractivity contribution >= 4 is 11.9 Å². The molecule has 1 aromatic heterocycles. The molecule has 7 nitrogen and oxygen atoms in total. The Labute approximate surface area is 125 Å². The predicted octanol–water partition coefficient (Wildman–Crippen LogP) is 1.49. The maximum Gasteiger partial charge on any atom is 0.322 e. The molecule has 1 aliphatic heterocycles. The van der Waals surface area contributed by atoms with Crippen LogP contribution in [-0.4, -0.2) is 53.3 Å². The van der Waals surface area contributed by atoms with Crippen LogP contribution in [0.1, 0.15) is 39.4 Å². The van der Waals surface area contributed by atoms with E-state index in [0.717, 1.165) is 0 Å². The van der Waals surface area contributed by atoms with Crippen molar-refractivity contribution in [3.8, 4) is 0 Å². The molecule has 0 radical (unpaired) electrons. The van der Waals surface area contributed by atoms with Gasteiger partial charge in [-0.2, -0.15) is 4.98 Å². The average Bonchev–Trinajstić information content (AvgIpc) is 2.93. The second-order valence-corrected chi connectivity index (χ2v) is 5.92. The minimum Gasteiger partial charge on any atom is -0.378 e. The molecule has 1 aliphatic rings. The van der Waals surface area contributed by atoms with Gasteiger partial charge < -0.3 is 19.5 Å². The van der Waals surface area contributed by atoms with E-state index in [1.807, 2.05) is 32.6 Å². The summed E-state index contributed by atoms with van der Waals surface area (Å²) in [4.78, 5) is 18.7. The van der Waals surface area contributed by atoms with E-state index in [0.29, 0.717) is 38.1 Å². The van der Waals surface area contributed by atoms with E-state index in [1.165, 1.54) is 0 Å². The number of nitrogens with zero attached hydrogens (tertiary/aromatic N) is 3. The number of carbonyl (C=O) groups excluding carboxylic acids is 1. The molecule has 1 fully saturated rings. The van der Waals surface area contributed by atoms with Gasteiger partial charge in [0.2, 0.25) is 5.91 Å². The number of carbonyl (C=O) groups is 1. The average molecular weight is 296 g/mol. The third-order valence-corrected chi connectivity index (χ3v) is 3.49. The first-order chi connectivity index (χ1) is 9.99. The van der Waals surface area contributed by atoms with E-state index >= 15 is 0 Å². The van der Waals surface area contributed by atoms with E-state index in [2.05, 4.69) is 15.5 Å². The molecule has 1 N–H and O–H groups in total. The van der Waals surface area contributed by atoms with Crippen LogP contribution < -0.4 is 5.32 Å². The highest BCUT2D eigenvalue weighted by atomic mass is 16.5. The van der Waals surface area contributed by atoms with Gasteiger partial charge in [0.1, 0.15) is 6.04 Å². The van der Waals surface area contributed by atoms with Gasteiger partial charge in [-0.3, -0.25) is 4.79 Å². The van der Waals surface area contributed by atoms with Crippen LogP contribution in [0, 0.1) is 5.92 Å². The molecule has 0 spiro atoms. The highest BCUT2D eigenvalue weighted by Gasteiger charge is 2.29. The molecular weight excluding hydrogens is 272 g/mol. The second-order valence-electron chi connectivity index (χ2n) is 5.92. The first-order valence-electron chi connectivity index (χ1n) is 7.45. The van der Waals surface area contributed by atoms with Crippen LogP contribution in [0.5, 0.6) is 0 Å². The Kier molecular flexibility index (Phi) is 5.17. The number of ether oxygens (including phenoxy) is 1. The molecule has 118 valence electrons. The van der Waals surface area contributed by atoms with Crippen LogP contribution >= 0.6 is 0 Å². The summed E-state index contributed by atoms with van der Waals surface area (Å²) in [6.45, 7) is 10.4. The lowest BCUT2D eigenvalue weighted by atomic mass is 10.0. The summed E-state index contributed by atoms with van der Waals surface area (Å²) in [7, 11) is 0. The Hall–Kier alpha value is -1.63. The third-order valence-electron chi connectivity index (χ3n) is 3.49. The van der Waals surface area contributed by atoms with Gasteiger partial charge in [-0.15, -0.1) is 0 Å². The Bertz CT molecular complexity index is 467. The van der Waals surface area contributed by atoms with Crippen LogP contribution in [0.4, 0.5) is 6.01 Å². The van der Waals surface area contributed by atoms with Gasteiger partial charge in [0.25, 0.3) is 0 Å². The number of rotatable bonds is 5. The zero-order chi connectivity index (χ0) is 15.4. The van der Waals surface area contributed by atoms with Crippen LogP contribution in [-0.2, 0) is 9.53 Å². The molecule has 21 heavy (non-hydrogen) atoms. The Morgan fingerprint density at radius 2 is 1.90 bits per heavy atom. The van der Waals surface area contributed by atoms with E-state index < -0.39 is 0 Å². The number of hydrogen-bond acceptors (Lipinski definition) is 6. The van der Waals surface area contributed by atoms with Gasteiger partial charge in [0.05, 0.1) is 13.2 Å². The minimum absolute atomic E-state index is 0.0533. The zero-order valence-electron chi connectivity index (χ0n) is 13.1. The quantitative estimate of drug-likeness (QED) is 0.886. The van der Waals surface area contributed by atoms with Crippen molar-refractivity contribution in [2.75, 3.05) is 31.6 Å². The van der Waals surface area contributed by atoms with Crippen LogP contribution in [0.3, 0.4) is 0 Å². The summed E-state index contributed by atoms with van der Waals surface area (Å²) in [6, 6.07) is -0.0671. The van der Waals surface area contributed by atoms with Crippen LogP contribution in [0.25, 0.3) is 0 Å². The first-order valence-corrected chi connectivity index (χ1v) is 7.45. The predicted molar refractivity (Wildman–Crippen MR) is 78.0 cm³/mol. The summed E-state index contributed by atoms with van der Waals surface area (Å²) in [6.07, 6.45) is 0. The standard InChI is InChI=1S/C14H24N4O3/c1-9(2)11(13(19)18-5-7-20-8-6-18)15-14-16-12(10(3)4)17-21-14/h9-11H,5-8H2,1-4H3,(H,15,16,17)/t11-/m0/s1. The number of aromatic nitrogens is 2. The van der Waals surface area contributed by atoms with Crippen molar-refractivity contribution in [1.82, 2.24) is 15.0 Å². The summed E-state index contributed by atoms with van der Waals surface area (Å²) < 4.78 is 10.5. The summed E-state index contributed by atoms with van der Waals surface area (Å²) in [5, 5.41) is 6.98. The van der Waals surface area contributed by atoms with Gasteiger partial charge in [-0.1, -0.05) is 32.9 Å². The second kappa shape index (κ2) is 6.89. The van der Waals surface area contributed by atoms with Crippen molar-refractivity contribution in [3.05, 3.63) is 5.82 Å². The molecule has 2 heterocycles. The van der Waals surface area contributed by atoms with Gasteiger partial charge in [-0.05, 0) is 5.92 Å². The van der Waals surface area contributed by atoms with Crippen LogP contribution in [0.15, 0.2) is 4.52 Å². The number of nitrogens with one attached hydrogen (secondary N) is 1. The molecule has 0 aliphatic carbocycles. The van der Waals surface area contributed by atoms with E-state index in [9.17, 15) is 4.79 Å². The smallest absolute Gasteiger partial charge is 0.322 e. The number of anilines is 1. The molecule has 1 atom stereocenters. The van der Waals surface area contributed by atoms with E-state index in [1.54, 1.807) is 0 Å². The largest absolute Gasteiger partial charge is 0.378 e. The monoisotopic (exact) mass is 296 g/mol. The highest BCUT2D eigenvalue weighted by Crippen LogP contribution is 2.17. The molecule has 1 aromatic rings. The number of hydrogen-bond donors (Lipinski definition) is 1. The lowest BCUT2D eigenvalue weighted by Crippen LogP contribution is -2.49. The number of morpholine rings is 1. The molecule has 0 saturated carbocycles. The van der Waals surface area contributed by atoms with Gasteiger partial charge >= 0.3 is 6.01 Å².